The Bertz CT molecular complexity index is 298. The molecule has 3 heteroatoms. The van der Waals surface area contributed by atoms with Gasteiger partial charge in [0.15, 0.2) is 0 Å². The summed E-state index contributed by atoms with van der Waals surface area (Å²) in [6, 6.07) is 9.53. The van der Waals surface area contributed by atoms with Gasteiger partial charge in [0, 0.05) is 0 Å². The Morgan fingerprint density at radius 3 is 2.67 bits per heavy atom. The second kappa shape index (κ2) is 6.46. The predicted octanol–water partition coefficient (Wildman–Crippen LogP) is 2.79. The van der Waals surface area contributed by atoms with Gasteiger partial charge in [-0.05, 0) is 12.0 Å². The maximum atomic E-state index is 11.4. The zero-order chi connectivity index (χ0) is 11.1. The minimum absolute atomic E-state index is 0.0790. The van der Waals surface area contributed by atoms with Gasteiger partial charge in [-0.2, -0.15) is 0 Å². The normalized spacial score (nSPS) is 12.1. The van der Waals surface area contributed by atoms with Gasteiger partial charge in [-0.15, -0.1) is 11.6 Å². The molecular weight excluding hydrogens is 212 g/mol. The number of hydrogen-bond donors (Lipinski definition) is 0. The van der Waals surface area contributed by atoms with Gasteiger partial charge in [0.25, 0.3) is 0 Å². The Balaban J connectivity index is 2.31. The molecule has 0 spiro atoms. The summed E-state index contributed by atoms with van der Waals surface area (Å²) in [5.74, 6) is -0.222. The molecule has 0 N–H and O–H groups in total. The Morgan fingerprint density at radius 1 is 1.40 bits per heavy atom. The average Bonchev–Trinajstić information content (AvgIpc) is 2.27. The second-order valence-electron chi connectivity index (χ2n) is 3.35. The second-order valence-corrected chi connectivity index (χ2v) is 3.97. The highest BCUT2D eigenvalue weighted by molar-refractivity contribution is 6.20. The first-order valence-corrected chi connectivity index (χ1v) is 5.49. The van der Waals surface area contributed by atoms with E-state index in [9.17, 15) is 4.79 Å². The van der Waals surface area contributed by atoms with E-state index in [2.05, 4.69) is 0 Å². The van der Waals surface area contributed by atoms with Gasteiger partial charge in [-0.3, -0.25) is 4.79 Å². The quantitative estimate of drug-likeness (QED) is 0.570. The first-order chi connectivity index (χ1) is 7.22. The number of esters is 1. The molecule has 1 aromatic carbocycles. The van der Waals surface area contributed by atoms with E-state index >= 15 is 0 Å². The number of halogens is 1. The number of carbonyl (C=O) groups excluding carboxylic acids is 1. The number of rotatable bonds is 5. The molecule has 1 atom stereocenters. The van der Waals surface area contributed by atoms with E-state index in [1.165, 1.54) is 0 Å². The lowest BCUT2D eigenvalue weighted by atomic mass is 10.2. The average molecular weight is 227 g/mol. The molecule has 1 unspecified atom stereocenters. The van der Waals surface area contributed by atoms with Crippen LogP contribution in [0.4, 0.5) is 0 Å². The standard InChI is InChI=1S/C12H15ClO2/c1-2-11(13)9-15-12(14)8-10-6-4-3-5-7-10/h3-7,11H,2,8-9H2,1H3. The van der Waals surface area contributed by atoms with Crippen LogP contribution in [-0.4, -0.2) is 18.0 Å². The molecule has 0 radical (unpaired) electrons. The van der Waals surface area contributed by atoms with Gasteiger partial charge in [-0.1, -0.05) is 37.3 Å². The fourth-order valence-electron chi connectivity index (χ4n) is 1.11. The van der Waals surface area contributed by atoms with E-state index in [0.717, 1.165) is 12.0 Å². The van der Waals surface area contributed by atoms with Crippen LogP contribution >= 0.6 is 11.6 Å². The molecular formula is C12H15ClO2. The Hall–Kier alpha value is -1.02. The Morgan fingerprint density at radius 2 is 2.07 bits per heavy atom. The maximum Gasteiger partial charge on any atom is 0.310 e. The lowest BCUT2D eigenvalue weighted by Gasteiger charge is -2.07. The van der Waals surface area contributed by atoms with Crippen molar-refractivity contribution in [1.82, 2.24) is 0 Å². The van der Waals surface area contributed by atoms with Crippen molar-refractivity contribution in [2.75, 3.05) is 6.61 Å². The van der Waals surface area contributed by atoms with Crippen LogP contribution in [0.2, 0.25) is 0 Å². The van der Waals surface area contributed by atoms with Crippen LogP contribution in [0.1, 0.15) is 18.9 Å². The van der Waals surface area contributed by atoms with Crippen molar-refractivity contribution in [3.8, 4) is 0 Å². The highest BCUT2D eigenvalue weighted by Crippen LogP contribution is 2.04. The molecule has 0 aliphatic heterocycles. The van der Waals surface area contributed by atoms with Crippen LogP contribution in [0.5, 0.6) is 0 Å². The van der Waals surface area contributed by atoms with Crippen LogP contribution in [-0.2, 0) is 16.0 Å². The van der Waals surface area contributed by atoms with Gasteiger partial charge in [-0.25, -0.2) is 0 Å². The number of carbonyl (C=O) groups is 1. The lowest BCUT2D eigenvalue weighted by molar-refractivity contribution is -0.142. The molecule has 15 heavy (non-hydrogen) atoms. The molecule has 82 valence electrons. The fourth-order valence-corrected chi connectivity index (χ4v) is 1.18. The predicted molar refractivity (Wildman–Crippen MR) is 61.0 cm³/mol. The van der Waals surface area contributed by atoms with Crippen molar-refractivity contribution < 1.29 is 9.53 Å². The summed E-state index contributed by atoms with van der Waals surface area (Å²) in [5.41, 5.74) is 0.963. The Kier molecular flexibility index (Phi) is 5.19. The summed E-state index contributed by atoms with van der Waals surface area (Å²) < 4.78 is 5.03. The zero-order valence-corrected chi connectivity index (χ0v) is 9.54. The van der Waals surface area contributed by atoms with Crippen LogP contribution in [0.3, 0.4) is 0 Å². The van der Waals surface area contributed by atoms with Crippen LogP contribution in [0.25, 0.3) is 0 Å². The van der Waals surface area contributed by atoms with Crippen LogP contribution < -0.4 is 0 Å². The van der Waals surface area contributed by atoms with Crippen molar-refractivity contribution in [1.29, 1.82) is 0 Å². The number of alkyl halides is 1. The van der Waals surface area contributed by atoms with Gasteiger partial charge < -0.3 is 4.74 Å². The van der Waals surface area contributed by atoms with Crippen molar-refractivity contribution in [2.24, 2.45) is 0 Å². The van der Waals surface area contributed by atoms with E-state index in [1.54, 1.807) is 0 Å². The molecule has 0 heterocycles. The third-order valence-corrected chi connectivity index (χ3v) is 2.49. The minimum atomic E-state index is -0.222. The summed E-state index contributed by atoms with van der Waals surface area (Å²) in [6.07, 6.45) is 1.12. The molecule has 1 rings (SSSR count). The van der Waals surface area contributed by atoms with E-state index < -0.39 is 0 Å². The molecule has 0 saturated heterocycles. The van der Waals surface area contributed by atoms with Crippen molar-refractivity contribution >= 4 is 17.6 Å². The smallest absolute Gasteiger partial charge is 0.310 e. The van der Waals surface area contributed by atoms with Crippen molar-refractivity contribution in [2.45, 2.75) is 25.1 Å². The van der Waals surface area contributed by atoms with Gasteiger partial charge >= 0.3 is 5.97 Å². The molecule has 2 nitrogen and oxygen atoms in total. The summed E-state index contributed by atoms with van der Waals surface area (Å²) >= 11 is 5.84. The van der Waals surface area contributed by atoms with Gasteiger partial charge in [0.1, 0.15) is 6.61 Å². The zero-order valence-electron chi connectivity index (χ0n) is 8.78. The van der Waals surface area contributed by atoms with Gasteiger partial charge in [0.05, 0.1) is 11.8 Å². The highest BCUT2D eigenvalue weighted by atomic mass is 35.5. The topological polar surface area (TPSA) is 26.3 Å². The van der Waals surface area contributed by atoms with Crippen molar-refractivity contribution in [3.05, 3.63) is 35.9 Å². The SMILES string of the molecule is CCC(Cl)COC(=O)Cc1ccccc1. The van der Waals surface area contributed by atoms with Crippen LogP contribution in [0.15, 0.2) is 30.3 Å². The third-order valence-electron chi connectivity index (χ3n) is 2.06. The van der Waals surface area contributed by atoms with Crippen LogP contribution in [0, 0.1) is 0 Å². The summed E-state index contributed by atoms with van der Waals surface area (Å²) in [6.45, 7) is 2.26. The first kappa shape index (κ1) is 12.1. The summed E-state index contributed by atoms with van der Waals surface area (Å²) in [5, 5.41) is -0.0790. The Labute approximate surface area is 95.2 Å². The molecule has 0 aliphatic carbocycles. The van der Waals surface area contributed by atoms with Crippen molar-refractivity contribution in [3.63, 3.8) is 0 Å². The van der Waals surface area contributed by atoms with E-state index in [4.69, 9.17) is 16.3 Å². The van der Waals surface area contributed by atoms with E-state index in [-0.39, 0.29) is 11.3 Å². The lowest BCUT2D eigenvalue weighted by Crippen LogP contribution is -2.15. The molecule has 0 bridgehead atoms. The maximum absolute atomic E-state index is 11.4. The molecule has 0 saturated carbocycles. The third kappa shape index (κ3) is 4.84. The molecule has 0 aliphatic rings. The summed E-state index contributed by atoms with van der Waals surface area (Å²) in [7, 11) is 0. The monoisotopic (exact) mass is 226 g/mol. The molecule has 0 fully saturated rings. The number of benzene rings is 1. The minimum Gasteiger partial charge on any atom is -0.464 e. The number of hydrogen-bond acceptors (Lipinski definition) is 2. The number of ether oxygens (including phenoxy) is 1. The fraction of sp³-hybridized carbons (Fsp3) is 0.417. The molecule has 0 amide bonds. The highest BCUT2D eigenvalue weighted by Gasteiger charge is 2.07. The molecule has 0 aromatic heterocycles. The summed E-state index contributed by atoms with van der Waals surface area (Å²) in [4.78, 5) is 11.4. The molecule has 1 aromatic rings. The largest absolute Gasteiger partial charge is 0.464 e. The van der Waals surface area contributed by atoms with E-state index in [0.29, 0.717) is 13.0 Å². The van der Waals surface area contributed by atoms with E-state index in [1.807, 2.05) is 37.3 Å². The van der Waals surface area contributed by atoms with Gasteiger partial charge in [0.2, 0.25) is 0 Å². The first-order valence-electron chi connectivity index (χ1n) is 5.06.